The Morgan fingerprint density at radius 2 is 1.83 bits per heavy atom. The van der Waals surface area contributed by atoms with Crippen LogP contribution in [0.2, 0.25) is 0 Å². The lowest BCUT2D eigenvalue weighted by Gasteiger charge is -2.56. The van der Waals surface area contributed by atoms with E-state index < -0.39 is 0 Å². The molecule has 1 aliphatic heterocycles. The summed E-state index contributed by atoms with van der Waals surface area (Å²) in [5, 5.41) is 6.47. The Bertz CT molecular complexity index is 432. The summed E-state index contributed by atoms with van der Waals surface area (Å²) in [5.41, 5.74) is 0.110. The lowest BCUT2D eigenvalue weighted by molar-refractivity contribution is -0.0297. The van der Waals surface area contributed by atoms with Crippen LogP contribution in [0.4, 0.5) is 4.79 Å². The summed E-state index contributed by atoms with van der Waals surface area (Å²) < 4.78 is 5.81. The number of urea groups is 1. The van der Waals surface area contributed by atoms with Crippen LogP contribution in [0.5, 0.6) is 0 Å². The van der Waals surface area contributed by atoms with E-state index in [4.69, 9.17) is 4.74 Å². The van der Waals surface area contributed by atoms with Gasteiger partial charge >= 0.3 is 6.03 Å². The predicted octanol–water partition coefficient (Wildman–Crippen LogP) is 2.37. The summed E-state index contributed by atoms with van der Waals surface area (Å²) in [6, 6.07) is 0.0418. The van der Waals surface area contributed by atoms with Gasteiger partial charge in [-0.05, 0) is 69.2 Å². The molecule has 0 spiro atoms. The molecule has 5 fully saturated rings. The molecule has 4 aliphatic carbocycles. The van der Waals surface area contributed by atoms with Crippen LogP contribution in [0.25, 0.3) is 0 Å². The second-order valence-electron chi connectivity index (χ2n) is 8.75. The number of hydrogen-bond donors (Lipinski definition) is 2. The van der Waals surface area contributed by atoms with E-state index >= 15 is 0 Å². The maximum absolute atomic E-state index is 12.4. The number of amides is 2. The molecular weight excluding hydrogens is 302 g/mol. The Morgan fingerprint density at radius 3 is 2.46 bits per heavy atom. The number of rotatable bonds is 5. The minimum Gasteiger partial charge on any atom is -0.375 e. The number of carbonyl (C=O) groups excluding carboxylic acids is 1. The van der Waals surface area contributed by atoms with Gasteiger partial charge in [-0.2, -0.15) is 0 Å². The van der Waals surface area contributed by atoms with E-state index in [9.17, 15) is 4.79 Å². The molecule has 2 amide bonds. The highest BCUT2D eigenvalue weighted by Crippen LogP contribution is 2.55. The van der Waals surface area contributed by atoms with Crippen molar-refractivity contribution in [1.29, 1.82) is 0 Å². The SMILES string of the molecule is CCN1CCO[C@@H](CCNC(=O)NC23CC4CC(CC(C4)C2)C3)C1. The first-order valence-electron chi connectivity index (χ1n) is 10.0. The molecule has 0 radical (unpaired) electrons. The second kappa shape index (κ2) is 6.83. The molecule has 4 saturated carbocycles. The number of carbonyl (C=O) groups is 1. The van der Waals surface area contributed by atoms with Crippen molar-refractivity contribution >= 4 is 6.03 Å². The van der Waals surface area contributed by atoms with E-state index in [2.05, 4.69) is 22.5 Å². The third kappa shape index (κ3) is 3.57. The highest BCUT2D eigenvalue weighted by atomic mass is 16.5. The van der Waals surface area contributed by atoms with Crippen molar-refractivity contribution in [1.82, 2.24) is 15.5 Å². The van der Waals surface area contributed by atoms with Crippen LogP contribution in [0.3, 0.4) is 0 Å². The topological polar surface area (TPSA) is 53.6 Å². The van der Waals surface area contributed by atoms with Crippen molar-refractivity contribution in [3.8, 4) is 0 Å². The second-order valence-corrected chi connectivity index (χ2v) is 8.75. The van der Waals surface area contributed by atoms with Crippen molar-refractivity contribution in [2.24, 2.45) is 17.8 Å². The first-order valence-corrected chi connectivity index (χ1v) is 10.0. The zero-order valence-corrected chi connectivity index (χ0v) is 15.1. The monoisotopic (exact) mass is 335 g/mol. The third-order valence-corrected chi connectivity index (χ3v) is 6.84. The molecule has 4 bridgehead atoms. The molecule has 5 rings (SSSR count). The minimum absolute atomic E-state index is 0.0418. The highest BCUT2D eigenvalue weighted by molar-refractivity contribution is 5.74. The quantitative estimate of drug-likeness (QED) is 0.811. The van der Waals surface area contributed by atoms with E-state index in [1.165, 1.54) is 38.5 Å². The Balaban J connectivity index is 1.21. The van der Waals surface area contributed by atoms with E-state index in [0.29, 0.717) is 6.54 Å². The van der Waals surface area contributed by atoms with Gasteiger partial charge in [0.15, 0.2) is 0 Å². The van der Waals surface area contributed by atoms with Gasteiger partial charge in [0.2, 0.25) is 0 Å². The van der Waals surface area contributed by atoms with E-state index in [1.54, 1.807) is 0 Å². The number of likely N-dealkylation sites (N-methyl/N-ethyl adjacent to an activating group) is 1. The highest BCUT2D eigenvalue weighted by Gasteiger charge is 2.51. The number of nitrogens with one attached hydrogen (secondary N) is 2. The zero-order valence-electron chi connectivity index (χ0n) is 15.1. The van der Waals surface area contributed by atoms with Gasteiger partial charge in [-0.15, -0.1) is 0 Å². The molecule has 1 saturated heterocycles. The molecule has 5 nitrogen and oxygen atoms in total. The fraction of sp³-hybridized carbons (Fsp3) is 0.947. The van der Waals surface area contributed by atoms with Gasteiger partial charge in [0, 0.05) is 25.2 Å². The summed E-state index contributed by atoms with van der Waals surface area (Å²) in [5.74, 6) is 2.60. The fourth-order valence-electron chi connectivity index (χ4n) is 6.14. The van der Waals surface area contributed by atoms with E-state index in [1.807, 2.05) is 0 Å². The first-order chi connectivity index (χ1) is 11.6. The number of nitrogens with zero attached hydrogens (tertiary/aromatic N) is 1. The van der Waals surface area contributed by atoms with Gasteiger partial charge in [-0.25, -0.2) is 4.79 Å². The van der Waals surface area contributed by atoms with Gasteiger partial charge < -0.3 is 15.4 Å². The molecule has 5 aliphatic rings. The average molecular weight is 335 g/mol. The lowest BCUT2D eigenvalue weighted by atomic mass is 9.53. The average Bonchev–Trinajstić information content (AvgIpc) is 2.53. The van der Waals surface area contributed by atoms with Crippen LogP contribution in [-0.4, -0.2) is 55.4 Å². The Morgan fingerprint density at radius 1 is 1.17 bits per heavy atom. The molecule has 0 aromatic heterocycles. The lowest BCUT2D eigenvalue weighted by Crippen LogP contribution is -2.61. The first kappa shape index (κ1) is 16.6. The Hall–Kier alpha value is -0.810. The summed E-state index contributed by atoms with van der Waals surface area (Å²) in [7, 11) is 0. The molecule has 136 valence electrons. The fourth-order valence-corrected chi connectivity index (χ4v) is 6.14. The van der Waals surface area contributed by atoms with Crippen LogP contribution in [0.1, 0.15) is 51.9 Å². The largest absolute Gasteiger partial charge is 0.375 e. The van der Waals surface area contributed by atoms with Crippen LogP contribution in [-0.2, 0) is 4.74 Å². The van der Waals surface area contributed by atoms with E-state index in [-0.39, 0.29) is 17.7 Å². The molecular formula is C19H33N3O2. The van der Waals surface area contributed by atoms with Crippen LogP contribution in [0.15, 0.2) is 0 Å². The molecule has 5 heteroatoms. The summed E-state index contributed by atoms with van der Waals surface area (Å²) in [6.45, 7) is 6.83. The van der Waals surface area contributed by atoms with Crippen LogP contribution >= 0.6 is 0 Å². The van der Waals surface area contributed by atoms with Crippen molar-refractivity contribution < 1.29 is 9.53 Å². The number of ether oxygens (including phenoxy) is 1. The molecule has 1 heterocycles. The van der Waals surface area contributed by atoms with Crippen molar-refractivity contribution in [3.05, 3.63) is 0 Å². The number of hydrogen-bond acceptors (Lipinski definition) is 3. The maximum Gasteiger partial charge on any atom is 0.315 e. The Labute approximate surface area is 145 Å². The number of morpholine rings is 1. The van der Waals surface area contributed by atoms with Crippen LogP contribution in [0, 0.1) is 17.8 Å². The van der Waals surface area contributed by atoms with Crippen molar-refractivity contribution in [2.45, 2.75) is 63.5 Å². The molecule has 0 aromatic rings. The van der Waals surface area contributed by atoms with Crippen LogP contribution < -0.4 is 10.6 Å². The summed E-state index contributed by atoms with van der Waals surface area (Å²) in [4.78, 5) is 14.8. The summed E-state index contributed by atoms with van der Waals surface area (Å²) in [6.07, 6.45) is 9.04. The van der Waals surface area contributed by atoms with Gasteiger partial charge in [0.25, 0.3) is 0 Å². The van der Waals surface area contributed by atoms with E-state index in [0.717, 1.165) is 50.4 Å². The van der Waals surface area contributed by atoms with Gasteiger partial charge in [-0.1, -0.05) is 6.92 Å². The Kier molecular flexibility index (Phi) is 4.74. The molecule has 24 heavy (non-hydrogen) atoms. The normalized spacial score (nSPS) is 41.4. The maximum atomic E-state index is 12.4. The van der Waals surface area contributed by atoms with Crippen molar-refractivity contribution in [2.75, 3.05) is 32.8 Å². The summed E-state index contributed by atoms with van der Waals surface area (Å²) >= 11 is 0. The van der Waals surface area contributed by atoms with Gasteiger partial charge in [0.1, 0.15) is 0 Å². The smallest absolute Gasteiger partial charge is 0.315 e. The van der Waals surface area contributed by atoms with Gasteiger partial charge in [-0.3, -0.25) is 4.90 Å². The molecule has 0 aromatic carbocycles. The molecule has 0 unspecified atom stereocenters. The molecule has 2 N–H and O–H groups in total. The van der Waals surface area contributed by atoms with Gasteiger partial charge in [0.05, 0.1) is 12.7 Å². The molecule has 1 atom stereocenters. The van der Waals surface area contributed by atoms with Crippen molar-refractivity contribution in [3.63, 3.8) is 0 Å². The zero-order chi connectivity index (χ0) is 16.6. The standard InChI is InChI=1S/C19H33N3O2/c1-2-22-5-6-24-17(13-22)3-4-20-18(23)21-19-10-14-7-15(11-19)9-16(8-14)12-19/h14-17H,2-13H2,1H3,(H2,20,21,23)/t14?,15?,16?,17-,19?/m0/s1. The minimum atomic E-state index is 0.0418. The third-order valence-electron chi connectivity index (χ3n) is 6.84. The predicted molar refractivity (Wildman–Crippen MR) is 93.9 cm³/mol.